The Morgan fingerprint density at radius 3 is 2.08 bits per heavy atom. The van der Waals surface area contributed by atoms with Crippen LogP contribution in [0.5, 0.6) is 5.88 Å². The second-order valence-corrected chi connectivity index (χ2v) is 16.3. The molecule has 0 amide bonds. The fourth-order valence-electron chi connectivity index (χ4n) is 6.03. The lowest BCUT2D eigenvalue weighted by Gasteiger charge is -2.15. The highest BCUT2D eigenvalue weighted by atomic mass is 32.2. The highest BCUT2D eigenvalue weighted by molar-refractivity contribution is 7.91. The van der Waals surface area contributed by atoms with Crippen molar-refractivity contribution in [3.63, 3.8) is 0 Å². The zero-order chi connectivity index (χ0) is 37.9. The summed E-state index contributed by atoms with van der Waals surface area (Å²) in [6.07, 6.45) is 0.415. The lowest BCUT2D eigenvalue weighted by molar-refractivity contribution is -0.140. The number of nitrogens with one attached hydrogen (secondary N) is 2. The molecule has 4 heterocycles. The van der Waals surface area contributed by atoms with Gasteiger partial charge in [0.05, 0.1) is 21.5 Å². The molecule has 4 aromatic heterocycles. The first kappa shape index (κ1) is 36.6. The SMILES string of the molecule is Cc1cc(-c2c(C(F)(F)F)ncc3n[nH]c(C4CC4)c23)ccc1S(C)(=O)=O.Cc1cc(-n2c(=O)ccc3[nH]nc(OC(F)F)c32)ccc1S(C)(=O)=O. The van der Waals surface area contributed by atoms with Crippen LogP contribution in [0.3, 0.4) is 0 Å². The van der Waals surface area contributed by atoms with Crippen LogP contribution in [0.1, 0.15) is 41.3 Å². The summed E-state index contributed by atoms with van der Waals surface area (Å²) in [5.74, 6) is -0.263. The molecule has 0 radical (unpaired) electrons. The van der Waals surface area contributed by atoms with E-state index in [1.165, 1.54) is 48.5 Å². The summed E-state index contributed by atoms with van der Waals surface area (Å²) >= 11 is 0. The number of hydrogen-bond donors (Lipinski definition) is 2. The molecule has 7 rings (SSSR count). The average molecular weight is 765 g/mol. The monoisotopic (exact) mass is 764 g/mol. The van der Waals surface area contributed by atoms with Crippen molar-refractivity contribution in [2.24, 2.45) is 0 Å². The summed E-state index contributed by atoms with van der Waals surface area (Å²) in [5, 5.41) is 13.6. The Balaban J connectivity index is 0.000000179. The van der Waals surface area contributed by atoms with Gasteiger partial charge < -0.3 is 4.74 Å². The van der Waals surface area contributed by atoms with Gasteiger partial charge in [-0.2, -0.15) is 27.1 Å². The molecule has 0 aliphatic heterocycles. The second-order valence-electron chi connectivity index (χ2n) is 12.3. The Kier molecular flexibility index (Phi) is 9.23. The number of aromatic nitrogens is 6. The van der Waals surface area contributed by atoms with Crippen molar-refractivity contribution in [2.75, 3.05) is 12.5 Å². The summed E-state index contributed by atoms with van der Waals surface area (Å²) < 4.78 is 119. The summed E-state index contributed by atoms with van der Waals surface area (Å²) in [6.45, 7) is 0.0408. The first-order chi connectivity index (χ1) is 24.3. The third-order valence-corrected chi connectivity index (χ3v) is 10.8. The number of alkyl halides is 5. The van der Waals surface area contributed by atoms with Gasteiger partial charge in [-0.05, 0) is 73.7 Å². The number of H-pyrrole nitrogens is 2. The normalized spacial score (nSPS) is 13.8. The Morgan fingerprint density at radius 2 is 1.52 bits per heavy atom. The number of hydrogen-bond acceptors (Lipinski definition) is 9. The molecule has 2 N–H and O–H groups in total. The Labute approximate surface area is 292 Å². The minimum Gasteiger partial charge on any atom is -0.413 e. The van der Waals surface area contributed by atoms with E-state index in [2.05, 4.69) is 30.1 Å². The molecule has 6 aromatic rings. The van der Waals surface area contributed by atoms with Crippen molar-refractivity contribution in [2.45, 2.75) is 55.2 Å². The van der Waals surface area contributed by atoms with E-state index in [-0.39, 0.29) is 32.4 Å². The van der Waals surface area contributed by atoms with Crippen LogP contribution in [-0.2, 0) is 25.9 Å². The number of halogens is 5. The average Bonchev–Trinajstić information content (AvgIpc) is 3.66. The molecule has 1 aliphatic carbocycles. The van der Waals surface area contributed by atoms with Crippen molar-refractivity contribution in [1.82, 2.24) is 29.9 Å². The van der Waals surface area contributed by atoms with E-state index in [0.29, 0.717) is 38.9 Å². The number of benzene rings is 2. The van der Waals surface area contributed by atoms with Gasteiger partial charge in [-0.25, -0.2) is 21.8 Å². The fraction of sp³-hybridized carbons (Fsp3) is 0.273. The number of aryl methyl sites for hydroxylation is 2. The maximum absolute atomic E-state index is 13.7. The lowest BCUT2D eigenvalue weighted by Crippen LogP contribution is -2.18. The van der Waals surface area contributed by atoms with Gasteiger partial charge in [-0.3, -0.25) is 19.6 Å². The topological polar surface area (TPSA) is 170 Å². The standard InChI is InChI=1S/C18H16F3N3O2S.C15H13F2N3O4S/c1-9-7-11(5-6-13(9)27(2,25)26)14-15-12(8-22-17(14)18(19,20)21)23-24-16(15)10-3-4-10;1-8-7-9(3-5-11(8)25(2,22)23)20-12(21)6-4-10-13(20)14(19-18-10)24-15(16)17/h5-8,10H,3-4H2,1-2H3,(H,23,24);3-7,15H,1-2H3,(H,18,19). The molecule has 0 bridgehead atoms. The molecule has 12 nitrogen and oxygen atoms in total. The highest BCUT2D eigenvalue weighted by Gasteiger charge is 2.39. The van der Waals surface area contributed by atoms with Crippen molar-refractivity contribution in [1.29, 1.82) is 0 Å². The maximum atomic E-state index is 13.7. The number of fused-ring (bicyclic) bond motifs is 2. The molecule has 19 heteroatoms. The predicted molar refractivity (Wildman–Crippen MR) is 180 cm³/mol. The number of sulfone groups is 2. The van der Waals surface area contributed by atoms with E-state index in [1.807, 2.05) is 0 Å². The Hall–Kier alpha value is -5.17. The zero-order valence-electron chi connectivity index (χ0n) is 27.7. The number of aromatic amines is 2. The third-order valence-electron chi connectivity index (χ3n) is 8.33. The van der Waals surface area contributed by atoms with E-state index in [0.717, 1.165) is 36.1 Å². The van der Waals surface area contributed by atoms with Crippen molar-refractivity contribution >= 4 is 41.6 Å². The zero-order valence-corrected chi connectivity index (χ0v) is 29.3. The summed E-state index contributed by atoms with van der Waals surface area (Å²) in [4.78, 5) is 16.2. The lowest BCUT2D eigenvalue weighted by atomic mass is 9.96. The molecule has 1 fully saturated rings. The van der Waals surface area contributed by atoms with Crippen molar-refractivity contribution in [3.8, 4) is 22.7 Å². The summed E-state index contributed by atoms with van der Waals surface area (Å²) in [6, 6.07) is 11.1. The molecule has 52 heavy (non-hydrogen) atoms. The van der Waals surface area contributed by atoms with E-state index < -0.39 is 49.6 Å². The minimum atomic E-state index is -4.65. The predicted octanol–water partition coefficient (Wildman–Crippen LogP) is 6.26. The van der Waals surface area contributed by atoms with E-state index in [4.69, 9.17) is 0 Å². The molecular formula is C33H29F5N6O6S2. The van der Waals surface area contributed by atoms with E-state index in [1.54, 1.807) is 13.8 Å². The summed E-state index contributed by atoms with van der Waals surface area (Å²) in [5.41, 5.74) is 1.24. The van der Waals surface area contributed by atoms with Crippen LogP contribution >= 0.6 is 0 Å². The van der Waals surface area contributed by atoms with Crippen LogP contribution in [0.4, 0.5) is 22.0 Å². The molecule has 274 valence electrons. The van der Waals surface area contributed by atoms with Crippen LogP contribution in [0, 0.1) is 13.8 Å². The maximum Gasteiger partial charge on any atom is 0.433 e. The number of ether oxygens (including phenoxy) is 1. The molecule has 0 atom stereocenters. The number of pyridine rings is 2. The summed E-state index contributed by atoms with van der Waals surface area (Å²) in [7, 11) is -6.90. The van der Waals surface area contributed by atoms with Crippen LogP contribution in [0.15, 0.2) is 69.3 Å². The van der Waals surface area contributed by atoms with Gasteiger partial charge in [-0.15, -0.1) is 5.10 Å². The Morgan fingerprint density at radius 1 is 0.885 bits per heavy atom. The molecule has 1 aliphatic rings. The van der Waals surface area contributed by atoms with Gasteiger partial charge in [0.25, 0.3) is 11.4 Å². The second kappa shape index (κ2) is 13.1. The first-order valence-electron chi connectivity index (χ1n) is 15.4. The fourth-order valence-corrected chi connectivity index (χ4v) is 7.95. The van der Waals surface area contributed by atoms with Crippen LogP contribution in [-0.4, -0.2) is 65.9 Å². The van der Waals surface area contributed by atoms with Crippen LogP contribution in [0.2, 0.25) is 0 Å². The highest BCUT2D eigenvalue weighted by Crippen LogP contribution is 2.47. The first-order valence-corrected chi connectivity index (χ1v) is 19.1. The van der Waals surface area contributed by atoms with Gasteiger partial charge in [0, 0.05) is 46.8 Å². The van der Waals surface area contributed by atoms with Gasteiger partial charge in [0.15, 0.2) is 25.4 Å². The van der Waals surface area contributed by atoms with E-state index >= 15 is 0 Å². The largest absolute Gasteiger partial charge is 0.433 e. The van der Waals surface area contributed by atoms with Crippen molar-refractivity contribution < 1.29 is 43.5 Å². The van der Waals surface area contributed by atoms with Gasteiger partial charge in [-0.1, -0.05) is 12.1 Å². The molecule has 2 aromatic carbocycles. The third kappa shape index (κ3) is 7.14. The smallest absolute Gasteiger partial charge is 0.413 e. The number of nitrogens with zero attached hydrogens (tertiary/aromatic N) is 4. The van der Waals surface area contributed by atoms with Gasteiger partial charge >= 0.3 is 12.8 Å². The Bertz CT molecular complexity index is 2650. The van der Waals surface area contributed by atoms with Gasteiger partial charge in [0.1, 0.15) is 11.0 Å². The molecule has 0 spiro atoms. The van der Waals surface area contributed by atoms with Crippen LogP contribution in [0.25, 0.3) is 38.8 Å². The van der Waals surface area contributed by atoms with Crippen molar-refractivity contribution in [3.05, 3.63) is 87.6 Å². The quantitative estimate of drug-likeness (QED) is 0.178. The number of rotatable bonds is 7. The molecule has 0 saturated heterocycles. The van der Waals surface area contributed by atoms with E-state index in [9.17, 15) is 43.6 Å². The van der Waals surface area contributed by atoms with Crippen LogP contribution < -0.4 is 10.3 Å². The van der Waals surface area contributed by atoms with Gasteiger partial charge in [0.2, 0.25) is 0 Å². The molecular weight excluding hydrogens is 736 g/mol. The minimum absolute atomic E-state index is 0.0410. The molecule has 1 saturated carbocycles. The molecule has 0 unspecified atom stereocenters.